The molecule has 7 heteroatoms. The number of hydrogen-bond acceptors (Lipinski definition) is 6. The van der Waals surface area contributed by atoms with Crippen LogP contribution in [0.25, 0.3) is 0 Å². The molecule has 5 nitrogen and oxygen atoms in total. The SMILES string of the molecule is CN(C)C(=O)COC1CSC2(C1)CN(Cc1nccs1)C2. The van der Waals surface area contributed by atoms with Crippen LogP contribution in [0.4, 0.5) is 0 Å². The van der Waals surface area contributed by atoms with E-state index in [1.165, 1.54) is 5.01 Å². The van der Waals surface area contributed by atoms with E-state index < -0.39 is 0 Å². The number of thioether (sulfide) groups is 1. The first kappa shape index (κ1) is 15.3. The first-order valence-corrected chi connectivity index (χ1v) is 8.99. The molecule has 2 aliphatic heterocycles. The summed E-state index contributed by atoms with van der Waals surface area (Å²) in [4.78, 5) is 19.9. The molecule has 2 fully saturated rings. The van der Waals surface area contributed by atoms with Gasteiger partial charge in [-0.1, -0.05) is 0 Å². The van der Waals surface area contributed by atoms with Gasteiger partial charge < -0.3 is 9.64 Å². The summed E-state index contributed by atoms with van der Waals surface area (Å²) in [7, 11) is 3.53. The molecule has 3 heterocycles. The lowest BCUT2D eigenvalue weighted by Crippen LogP contribution is -2.58. The summed E-state index contributed by atoms with van der Waals surface area (Å²) in [6.45, 7) is 3.39. The van der Waals surface area contributed by atoms with Gasteiger partial charge in [0.2, 0.25) is 5.91 Å². The standard InChI is InChI=1S/C14H21N3O2S2/c1-16(2)13(18)7-19-11-5-14(21-8-11)9-17(10-14)6-12-15-3-4-20-12/h3-4,11H,5-10H2,1-2H3. The van der Waals surface area contributed by atoms with E-state index in [2.05, 4.69) is 9.88 Å². The smallest absolute Gasteiger partial charge is 0.248 e. The number of aromatic nitrogens is 1. The molecule has 0 radical (unpaired) electrons. The van der Waals surface area contributed by atoms with Crippen molar-refractivity contribution in [1.82, 2.24) is 14.8 Å². The van der Waals surface area contributed by atoms with Gasteiger partial charge in [0.15, 0.2) is 0 Å². The molecule has 0 N–H and O–H groups in total. The molecule has 116 valence electrons. The van der Waals surface area contributed by atoms with Crippen LogP contribution in [0.3, 0.4) is 0 Å². The van der Waals surface area contributed by atoms with Crippen LogP contribution in [0, 0.1) is 0 Å². The molecule has 1 amide bonds. The molecule has 0 aromatic carbocycles. The first-order chi connectivity index (χ1) is 10.1. The number of carbonyl (C=O) groups is 1. The second-order valence-corrected chi connectivity index (χ2v) is 8.46. The Balaban J connectivity index is 1.40. The Labute approximate surface area is 133 Å². The fourth-order valence-corrected chi connectivity index (χ4v) is 5.11. The predicted octanol–water partition coefficient (Wildman–Crippen LogP) is 1.31. The van der Waals surface area contributed by atoms with Crippen LogP contribution in [0.5, 0.6) is 0 Å². The third-order valence-electron chi connectivity index (χ3n) is 3.98. The fourth-order valence-electron chi connectivity index (χ4n) is 2.85. The van der Waals surface area contributed by atoms with E-state index in [1.54, 1.807) is 30.3 Å². The Morgan fingerprint density at radius 1 is 1.57 bits per heavy atom. The fraction of sp³-hybridized carbons (Fsp3) is 0.714. The lowest BCUT2D eigenvalue weighted by Gasteiger charge is -2.47. The number of nitrogens with zero attached hydrogens (tertiary/aromatic N) is 3. The minimum absolute atomic E-state index is 0.0416. The highest BCUT2D eigenvalue weighted by Crippen LogP contribution is 2.46. The summed E-state index contributed by atoms with van der Waals surface area (Å²) in [5, 5.41) is 3.22. The van der Waals surface area contributed by atoms with Crippen molar-refractivity contribution in [3.63, 3.8) is 0 Å². The van der Waals surface area contributed by atoms with Gasteiger partial charge in [-0.15, -0.1) is 23.1 Å². The third kappa shape index (κ3) is 3.59. The van der Waals surface area contributed by atoms with Crippen molar-refractivity contribution in [1.29, 1.82) is 0 Å². The molecule has 2 aliphatic rings. The Hall–Kier alpha value is -0.630. The molecule has 1 aromatic rings. The third-order valence-corrected chi connectivity index (χ3v) is 6.32. The monoisotopic (exact) mass is 327 g/mol. The van der Waals surface area contributed by atoms with Gasteiger partial charge in [0, 0.05) is 49.3 Å². The highest BCUT2D eigenvalue weighted by atomic mass is 32.2. The molecule has 0 aliphatic carbocycles. The zero-order valence-corrected chi connectivity index (χ0v) is 14.1. The van der Waals surface area contributed by atoms with Crippen molar-refractivity contribution in [3.8, 4) is 0 Å². The molecule has 21 heavy (non-hydrogen) atoms. The van der Waals surface area contributed by atoms with Crippen LogP contribution in [0.2, 0.25) is 0 Å². The van der Waals surface area contributed by atoms with E-state index in [9.17, 15) is 4.79 Å². The maximum absolute atomic E-state index is 11.6. The van der Waals surface area contributed by atoms with Gasteiger partial charge in [0.1, 0.15) is 11.6 Å². The Kier molecular flexibility index (Phi) is 4.54. The number of carbonyl (C=O) groups excluding carboxylic acids is 1. The maximum atomic E-state index is 11.6. The summed E-state index contributed by atoms with van der Waals surface area (Å²) in [6.07, 6.45) is 3.15. The van der Waals surface area contributed by atoms with Crippen LogP contribution in [0.1, 0.15) is 11.4 Å². The van der Waals surface area contributed by atoms with Gasteiger partial charge in [-0.3, -0.25) is 9.69 Å². The summed E-state index contributed by atoms with van der Waals surface area (Å²) >= 11 is 3.73. The second kappa shape index (κ2) is 6.24. The van der Waals surface area contributed by atoms with Crippen LogP contribution < -0.4 is 0 Å². The molecular formula is C14H21N3O2S2. The number of thiazole rings is 1. The number of rotatable bonds is 5. The molecular weight excluding hydrogens is 306 g/mol. The first-order valence-electron chi connectivity index (χ1n) is 7.13. The Morgan fingerprint density at radius 3 is 3.05 bits per heavy atom. The normalized spacial score (nSPS) is 24.2. The second-order valence-electron chi connectivity index (χ2n) is 5.99. The van der Waals surface area contributed by atoms with Gasteiger partial charge in [0.25, 0.3) is 0 Å². The molecule has 3 rings (SSSR count). The minimum Gasteiger partial charge on any atom is -0.367 e. The van der Waals surface area contributed by atoms with Crippen molar-refractivity contribution in [2.45, 2.75) is 23.8 Å². The van der Waals surface area contributed by atoms with Crippen LogP contribution >= 0.6 is 23.1 Å². The van der Waals surface area contributed by atoms with Crippen molar-refractivity contribution in [2.75, 3.05) is 39.5 Å². The van der Waals surface area contributed by atoms with Crippen LogP contribution in [-0.4, -0.2) is 71.1 Å². The average molecular weight is 327 g/mol. The summed E-state index contributed by atoms with van der Waals surface area (Å²) in [5.74, 6) is 1.05. The molecule has 0 saturated carbocycles. The Bertz CT molecular complexity index is 486. The summed E-state index contributed by atoms with van der Waals surface area (Å²) in [5.41, 5.74) is 0. The van der Waals surface area contributed by atoms with E-state index in [-0.39, 0.29) is 18.6 Å². The van der Waals surface area contributed by atoms with E-state index in [1.807, 2.05) is 23.3 Å². The van der Waals surface area contributed by atoms with Crippen molar-refractivity contribution in [2.24, 2.45) is 0 Å². The van der Waals surface area contributed by atoms with E-state index in [0.717, 1.165) is 31.8 Å². The molecule has 2 saturated heterocycles. The Morgan fingerprint density at radius 2 is 2.38 bits per heavy atom. The largest absolute Gasteiger partial charge is 0.367 e. The van der Waals surface area contributed by atoms with Crippen molar-refractivity contribution >= 4 is 29.0 Å². The van der Waals surface area contributed by atoms with E-state index in [4.69, 9.17) is 4.74 Å². The highest BCUT2D eigenvalue weighted by Gasteiger charge is 2.49. The number of likely N-dealkylation sites (N-methyl/N-ethyl adjacent to an activating group) is 1. The topological polar surface area (TPSA) is 45.7 Å². The summed E-state index contributed by atoms with van der Waals surface area (Å²) < 4.78 is 6.11. The molecule has 1 spiro atoms. The lowest BCUT2D eigenvalue weighted by atomic mass is 9.93. The van der Waals surface area contributed by atoms with Crippen LogP contribution in [0.15, 0.2) is 11.6 Å². The number of hydrogen-bond donors (Lipinski definition) is 0. The van der Waals surface area contributed by atoms with Gasteiger partial charge in [-0.2, -0.15) is 0 Å². The highest BCUT2D eigenvalue weighted by molar-refractivity contribution is 8.01. The predicted molar refractivity (Wildman–Crippen MR) is 85.6 cm³/mol. The van der Waals surface area contributed by atoms with Gasteiger partial charge >= 0.3 is 0 Å². The maximum Gasteiger partial charge on any atom is 0.248 e. The zero-order valence-electron chi connectivity index (χ0n) is 12.4. The zero-order chi connectivity index (χ0) is 14.9. The number of likely N-dealkylation sites (tertiary alicyclic amines) is 1. The van der Waals surface area contributed by atoms with Crippen LogP contribution in [-0.2, 0) is 16.1 Å². The van der Waals surface area contributed by atoms with Gasteiger partial charge in [-0.05, 0) is 6.42 Å². The minimum atomic E-state index is 0.0416. The molecule has 0 bridgehead atoms. The molecule has 1 aromatic heterocycles. The van der Waals surface area contributed by atoms with E-state index in [0.29, 0.717) is 4.75 Å². The van der Waals surface area contributed by atoms with Gasteiger partial charge in [-0.25, -0.2) is 4.98 Å². The van der Waals surface area contributed by atoms with E-state index >= 15 is 0 Å². The van der Waals surface area contributed by atoms with Crippen molar-refractivity contribution in [3.05, 3.63) is 16.6 Å². The number of amides is 1. The quantitative estimate of drug-likeness (QED) is 0.816. The lowest BCUT2D eigenvalue weighted by molar-refractivity contribution is -0.135. The summed E-state index contributed by atoms with van der Waals surface area (Å²) in [6, 6.07) is 0. The van der Waals surface area contributed by atoms with Gasteiger partial charge in [0.05, 0.1) is 12.6 Å². The molecule has 1 atom stereocenters. The average Bonchev–Trinajstić information content (AvgIpc) is 3.05. The number of ether oxygens (including phenoxy) is 1. The molecule has 1 unspecified atom stereocenters. The van der Waals surface area contributed by atoms with Crippen molar-refractivity contribution < 1.29 is 9.53 Å².